The van der Waals surface area contributed by atoms with Crippen molar-refractivity contribution in [2.24, 2.45) is 10.3 Å². The molecule has 0 bridgehead atoms. The summed E-state index contributed by atoms with van der Waals surface area (Å²) >= 11 is 0. The maximum absolute atomic E-state index is 11.3. The summed E-state index contributed by atoms with van der Waals surface area (Å²) in [5.41, 5.74) is 6.62. The number of hydrogen-bond acceptors (Lipinski definition) is 4. The van der Waals surface area contributed by atoms with Crippen LogP contribution in [0.1, 0.15) is 11.3 Å². The number of nitrogens with one attached hydrogen (secondary N) is 2. The van der Waals surface area contributed by atoms with Gasteiger partial charge in [0, 0.05) is 10.6 Å². The maximum Gasteiger partial charge on any atom is 0.325 e. The molecule has 0 radical (unpaired) electrons. The minimum atomic E-state index is -0.795. The lowest BCUT2D eigenvalue weighted by molar-refractivity contribution is 0.318. The molecule has 0 aliphatic rings. The van der Waals surface area contributed by atoms with E-state index in [-0.39, 0.29) is 11.3 Å². The molecule has 0 atom stereocenters. The van der Waals surface area contributed by atoms with Crippen LogP contribution in [0.5, 0.6) is 0 Å². The number of aromatic amines is 2. The summed E-state index contributed by atoms with van der Waals surface area (Å²) in [5, 5.41) is 14.2. The topological polar surface area (TPSA) is 147 Å². The zero-order valence-electron chi connectivity index (χ0n) is 7.55. The molecule has 1 aromatic heterocycles. The molecule has 15 heavy (non-hydrogen) atoms. The first-order valence-corrected chi connectivity index (χ1v) is 3.71. The fourth-order valence-corrected chi connectivity index (χ4v) is 1.03. The van der Waals surface area contributed by atoms with Gasteiger partial charge in [-0.15, -0.1) is 0 Å². The Labute approximate surface area is 81.7 Å². The van der Waals surface area contributed by atoms with Gasteiger partial charge in [-0.05, 0) is 17.6 Å². The molecule has 0 unspecified atom stereocenters. The van der Waals surface area contributed by atoms with Crippen molar-refractivity contribution in [2.45, 2.75) is 6.92 Å². The number of nitrogens with zero attached hydrogens (tertiary/aromatic N) is 4. The third-order valence-corrected chi connectivity index (χ3v) is 1.59. The summed E-state index contributed by atoms with van der Waals surface area (Å²) in [4.78, 5) is 28.7. The highest BCUT2D eigenvalue weighted by atomic mass is 16.4. The van der Waals surface area contributed by atoms with Crippen molar-refractivity contribution in [3.8, 4) is 0 Å². The molecular formula is C6H6N6O3. The van der Waals surface area contributed by atoms with Gasteiger partial charge in [-0.1, -0.05) is 5.16 Å². The second-order valence-corrected chi connectivity index (χ2v) is 2.52. The van der Waals surface area contributed by atoms with Gasteiger partial charge in [0.15, 0.2) is 5.84 Å². The van der Waals surface area contributed by atoms with Crippen molar-refractivity contribution >= 4 is 5.84 Å². The van der Waals surface area contributed by atoms with Crippen LogP contribution in [0.4, 0.5) is 0 Å². The molecule has 0 amide bonds. The molecule has 1 heterocycles. The van der Waals surface area contributed by atoms with Crippen LogP contribution in [0, 0.1) is 6.92 Å². The highest BCUT2D eigenvalue weighted by Gasteiger charge is 2.11. The highest BCUT2D eigenvalue weighted by molar-refractivity contribution is 5.99. The summed E-state index contributed by atoms with van der Waals surface area (Å²) in [6.45, 7) is 1.41. The van der Waals surface area contributed by atoms with Crippen molar-refractivity contribution in [3.05, 3.63) is 42.5 Å². The largest absolute Gasteiger partial charge is 0.410 e. The number of H-pyrrole nitrogens is 2. The lowest BCUT2D eigenvalue weighted by Gasteiger charge is -2.00. The monoisotopic (exact) mass is 210 g/mol. The SMILES string of the molecule is Cc1[nH]c(=O)[nH]c(=O)c1/C(N=[N+]=[N-])=N/O. The average molecular weight is 210 g/mol. The molecular weight excluding hydrogens is 204 g/mol. The summed E-state index contributed by atoms with van der Waals surface area (Å²) < 4.78 is 0. The third-order valence-electron chi connectivity index (χ3n) is 1.59. The quantitative estimate of drug-likeness (QED) is 0.112. The normalized spacial score (nSPS) is 10.9. The number of aryl methyl sites for hydroxylation is 1. The van der Waals surface area contributed by atoms with E-state index in [0.717, 1.165) is 0 Å². The Kier molecular flexibility index (Phi) is 2.89. The van der Waals surface area contributed by atoms with E-state index in [9.17, 15) is 9.59 Å². The number of azide groups is 1. The van der Waals surface area contributed by atoms with E-state index >= 15 is 0 Å². The predicted molar refractivity (Wildman–Crippen MR) is 49.9 cm³/mol. The first kappa shape index (κ1) is 10.5. The molecule has 0 spiro atoms. The Bertz CT molecular complexity index is 561. The molecule has 1 rings (SSSR count). The number of rotatable bonds is 1. The Hall–Kier alpha value is -2.54. The van der Waals surface area contributed by atoms with Gasteiger partial charge in [-0.25, -0.2) is 4.79 Å². The van der Waals surface area contributed by atoms with Crippen LogP contribution in [0.25, 0.3) is 10.4 Å². The second kappa shape index (κ2) is 4.11. The smallest absolute Gasteiger partial charge is 0.325 e. The summed E-state index contributed by atoms with van der Waals surface area (Å²) in [6.07, 6.45) is 0. The van der Waals surface area contributed by atoms with E-state index in [2.05, 4.69) is 20.2 Å². The summed E-state index contributed by atoms with van der Waals surface area (Å²) in [6, 6.07) is 0. The molecule has 3 N–H and O–H groups in total. The fraction of sp³-hybridized carbons (Fsp3) is 0.167. The average Bonchev–Trinajstić information content (AvgIpc) is 2.14. The molecule has 78 valence electrons. The van der Waals surface area contributed by atoms with Crippen molar-refractivity contribution in [1.82, 2.24) is 9.97 Å². The minimum absolute atomic E-state index is 0.143. The molecule has 0 aromatic carbocycles. The predicted octanol–water partition coefficient (Wildman–Crippen LogP) is -0.182. The number of amidine groups is 1. The van der Waals surface area contributed by atoms with Crippen LogP contribution in [-0.4, -0.2) is 21.0 Å². The van der Waals surface area contributed by atoms with E-state index in [1.807, 2.05) is 4.98 Å². The first-order chi connectivity index (χ1) is 7.10. The first-order valence-electron chi connectivity index (χ1n) is 3.71. The molecule has 9 heteroatoms. The Morgan fingerprint density at radius 2 is 2.13 bits per heavy atom. The fourth-order valence-electron chi connectivity index (χ4n) is 1.03. The van der Waals surface area contributed by atoms with E-state index in [1.54, 1.807) is 0 Å². The van der Waals surface area contributed by atoms with Gasteiger partial charge < -0.3 is 10.2 Å². The van der Waals surface area contributed by atoms with Crippen LogP contribution >= 0.6 is 0 Å². The maximum atomic E-state index is 11.3. The van der Waals surface area contributed by atoms with Crippen LogP contribution in [0.15, 0.2) is 19.9 Å². The van der Waals surface area contributed by atoms with E-state index in [4.69, 9.17) is 10.7 Å². The lowest BCUT2D eigenvalue weighted by Crippen LogP contribution is -2.29. The van der Waals surface area contributed by atoms with Crippen molar-refractivity contribution in [1.29, 1.82) is 0 Å². The van der Waals surface area contributed by atoms with Crippen LogP contribution in [-0.2, 0) is 0 Å². The number of hydrogen-bond donors (Lipinski definition) is 3. The zero-order chi connectivity index (χ0) is 11.4. The lowest BCUT2D eigenvalue weighted by atomic mass is 10.2. The molecule has 0 saturated heterocycles. The Balaban J connectivity index is 3.57. The molecule has 0 fully saturated rings. The molecule has 9 nitrogen and oxygen atoms in total. The standard InChI is InChI=1S/C6H6N6O3/c1-2-3(4(11-15)10-12-7)5(13)9-6(14)8-2/h15H,1H3,(H2,8,9,13,14)/b11-4-. The van der Waals surface area contributed by atoms with Crippen LogP contribution < -0.4 is 11.2 Å². The van der Waals surface area contributed by atoms with E-state index in [1.165, 1.54) is 6.92 Å². The van der Waals surface area contributed by atoms with Gasteiger partial charge in [0.2, 0.25) is 0 Å². The summed E-state index contributed by atoms with van der Waals surface area (Å²) in [5.74, 6) is -0.507. The molecule has 0 saturated carbocycles. The van der Waals surface area contributed by atoms with Gasteiger partial charge in [0.25, 0.3) is 5.56 Å². The van der Waals surface area contributed by atoms with E-state index < -0.39 is 17.1 Å². The van der Waals surface area contributed by atoms with Gasteiger partial charge >= 0.3 is 5.69 Å². The third kappa shape index (κ3) is 2.03. The highest BCUT2D eigenvalue weighted by Crippen LogP contribution is 1.99. The summed E-state index contributed by atoms with van der Waals surface area (Å²) in [7, 11) is 0. The van der Waals surface area contributed by atoms with Crippen molar-refractivity contribution < 1.29 is 5.21 Å². The van der Waals surface area contributed by atoms with Gasteiger partial charge in [0.05, 0.1) is 5.56 Å². The van der Waals surface area contributed by atoms with Crippen molar-refractivity contribution in [2.75, 3.05) is 0 Å². The Morgan fingerprint density at radius 3 is 2.60 bits per heavy atom. The van der Waals surface area contributed by atoms with Crippen LogP contribution in [0.3, 0.4) is 0 Å². The molecule has 0 aliphatic heterocycles. The van der Waals surface area contributed by atoms with E-state index in [0.29, 0.717) is 0 Å². The Morgan fingerprint density at radius 1 is 1.47 bits per heavy atom. The number of aromatic nitrogens is 2. The second-order valence-electron chi connectivity index (χ2n) is 2.52. The number of oxime groups is 1. The van der Waals surface area contributed by atoms with Gasteiger partial charge in [-0.3, -0.25) is 9.78 Å². The zero-order valence-corrected chi connectivity index (χ0v) is 7.55. The minimum Gasteiger partial charge on any atom is -0.410 e. The van der Waals surface area contributed by atoms with Crippen LogP contribution in [0.2, 0.25) is 0 Å². The van der Waals surface area contributed by atoms with Gasteiger partial charge in [-0.2, -0.15) is 0 Å². The molecule has 0 aliphatic carbocycles. The van der Waals surface area contributed by atoms with Crippen molar-refractivity contribution in [3.63, 3.8) is 0 Å². The van der Waals surface area contributed by atoms with Gasteiger partial charge in [0.1, 0.15) is 0 Å². The molecule has 1 aromatic rings.